The average Bonchev–Trinajstić information content (AvgIpc) is 2.61. The van der Waals surface area contributed by atoms with E-state index in [1.165, 1.54) is 7.11 Å². The molecule has 0 saturated heterocycles. The van der Waals surface area contributed by atoms with Gasteiger partial charge in [0.15, 0.2) is 0 Å². The number of hydrogen-bond acceptors (Lipinski definition) is 2. The fraction of sp³-hybridized carbons (Fsp3) is 0.0952. The summed E-state index contributed by atoms with van der Waals surface area (Å²) in [7, 11) is 1.41. The topological polar surface area (TPSA) is 26.3 Å². The smallest absolute Gasteiger partial charge is 0.338 e. The van der Waals surface area contributed by atoms with Crippen LogP contribution in [0.5, 0.6) is 0 Å². The summed E-state index contributed by atoms with van der Waals surface area (Å²) >= 11 is 0. The Morgan fingerprint density at radius 2 is 1.43 bits per heavy atom. The van der Waals surface area contributed by atoms with E-state index in [4.69, 9.17) is 4.74 Å². The number of ether oxygens (including phenoxy) is 1. The molecule has 0 aliphatic carbocycles. The molecule has 2 heteroatoms. The van der Waals surface area contributed by atoms with E-state index in [9.17, 15) is 4.79 Å². The van der Waals surface area contributed by atoms with Gasteiger partial charge in [0, 0.05) is 0 Å². The van der Waals surface area contributed by atoms with Crippen molar-refractivity contribution in [3.05, 3.63) is 83.9 Å². The zero-order chi connectivity index (χ0) is 16.2. The van der Waals surface area contributed by atoms with Gasteiger partial charge >= 0.3 is 5.97 Å². The standard InChI is InChI=1S/C21H18O2/c1-15-9-8-14-19(21(22)23-2)20(15)18-13-7-6-12-17(18)16-10-4-3-5-11-16/h3-14H,1-2H3. The van der Waals surface area contributed by atoms with Crippen molar-refractivity contribution in [3.8, 4) is 22.3 Å². The van der Waals surface area contributed by atoms with Gasteiger partial charge in [0.05, 0.1) is 12.7 Å². The van der Waals surface area contributed by atoms with Gasteiger partial charge in [0.1, 0.15) is 0 Å². The molecule has 0 aliphatic heterocycles. The van der Waals surface area contributed by atoms with Crippen molar-refractivity contribution >= 4 is 5.97 Å². The maximum absolute atomic E-state index is 12.2. The zero-order valence-corrected chi connectivity index (χ0v) is 13.2. The van der Waals surface area contributed by atoms with Crippen molar-refractivity contribution < 1.29 is 9.53 Å². The van der Waals surface area contributed by atoms with Crippen molar-refractivity contribution in [1.82, 2.24) is 0 Å². The third-order valence-electron chi connectivity index (χ3n) is 3.96. The highest BCUT2D eigenvalue weighted by atomic mass is 16.5. The Morgan fingerprint density at radius 1 is 0.783 bits per heavy atom. The van der Waals surface area contributed by atoms with Gasteiger partial charge in [-0.25, -0.2) is 4.79 Å². The van der Waals surface area contributed by atoms with Crippen LogP contribution >= 0.6 is 0 Å². The van der Waals surface area contributed by atoms with Crippen LogP contribution in [0.1, 0.15) is 15.9 Å². The minimum Gasteiger partial charge on any atom is -0.465 e. The number of methoxy groups -OCH3 is 1. The lowest BCUT2D eigenvalue weighted by molar-refractivity contribution is 0.0601. The predicted octanol–water partition coefficient (Wildman–Crippen LogP) is 5.12. The summed E-state index contributed by atoms with van der Waals surface area (Å²) in [5.74, 6) is -0.313. The molecule has 0 spiro atoms. The first-order valence-electron chi connectivity index (χ1n) is 7.55. The molecule has 0 unspecified atom stereocenters. The maximum atomic E-state index is 12.2. The van der Waals surface area contributed by atoms with Crippen molar-refractivity contribution in [2.24, 2.45) is 0 Å². The number of hydrogen-bond donors (Lipinski definition) is 0. The van der Waals surface area contributed by atoms with Gasteiger partial charge in [0.2, 0.25) is 0 Å². The first-order valence-corrected chi connectivity index (χ1v) is 7.55. The summed E-state index contributed by atoms with van der Waals surface area (Å²) < 4.78 is 4.96. The van der Waals surface area contributed by atoms with Gasteiger partial charge < -0.3 is 4.74 Å². The fourth-order valence-corrected chi connectivity index (χ4v) is 2.88. The summed E-state index contributed by atoms with van der Waals surface area (Å²) in [6, 6.07) is 24.1. The van der Waals surface area contributed by atoms with E-state index in [0.717, 1.165) is 27.8 Å². The van der Waals surface area contributed by atoms with Crippen LogP contribution in [-0.2, 0) is 4.74 Å². The Labute approximate surface area is 136 Å². The largest absolute Gasteiger partial charge is 0.465 e. The lowest BCUT2D eigenvalue weighted by Gasteiger charge is -2.15. The number of aryl methyl sites for hydroxylation is 1. The summed E-state index contributed by atoms with van der Waals surface area (Å²) in [6.45, 7) is 2.02. The van der Waals surface area contributed by atoms with Crippen molar-refractivity contribution in [2.75, 3.05) is 7.11 Å². The van der Waals surface area contributed by atoms with Crippen LogP contribution in [0, 0.1) is 6.92 Å². The van der Waals surface area contributed by atoms with Crippen molar-refractivity contribution in [1.29, 1.82) is 0 Å². The minimum absolute atomic E-state index is 0.313. The second-order valence-electron chi connectivity index (χ2n) is 5.40. The van der Waals surface area contributed by atoms with Gasteiger partial charge in [-0.3, -0.25) is 0 Å². The molecule has 0 amide bonds. The van der Waals surface area contributed by atoms with E-state index in [2.05, 4.69) is 24.3 Å². The average molecular weight is 302 g/mol. The van der Waals surface area contributed by atoms with E-state index >= 15 is 0 Å². The number of rotatable bonds is 3. The predicted molar refractivity (Wildman–Crippen MR) is 93.4 cm³/mol. The molecule has 23 heavy (non-hydrogen) atoms. The lowest BCUT2D eigenvalue weighted by atomic mass is 9.89. The molecule has 0 heterocycles. The van der Waals surface area contributed by atoms with Gasteiger partial charge in [-0.1, -0.05) is 66.7 Å². The Hall–Kier alpha value is -2.87. The van der Waals surface area contributed by atoms with E-state index < -0.39 is 0 Å². The molecule has 3 aromatic carbocycles. The fourth-order valence-electron chi connectivity index (χ4n) is 2.88. The van der Waals surface area contributed by atoms with Crippen LogP contribution in [0.3, 0.4) is 0 Å². The molecule has 0 radical (unpaired) electrons. The normalized spacial score (nSPS) is 10.3. The molecule has 0 N–H and O–H groups in total. The molecule has 0 fully saturated rings. The van der Waals surface area contributed by atoms with Crippen molar-refractivity contribution in [3.63, 3.8) is 0 Å². The van der Waals surface area contributed by atoms with Crippen molar-refractivity contribution in [2.45, 2.75) is 6.92 Å². The number of carbonyl (C=O) groups is 1. The maximum Gasteiger partial charge on any atom is 0.338 e. The molecule has 0 aromatic heterocycles. The zero-order valence-electron chi connectivity index (χ0n) is 13.2. The molecule has 0 bridgehead atoms. The molecule has 0 aliphatic rings. The molecule has 0 saturated carbocycles. The van der Waals surface area contributed by atoms with Gasteiger partial charge in [-0.05, 0) is 40.8 Å². The number of esters is 1. The second kappa shape index (κ2) is 6.49. The highest BCUT2D eigenvalue weighted by molar-refractivity contribution is 6.00. The van der Waals surface area contributed by atoms with Gasteiger partial charge in [0.25, 0.3) is 0 Å². The Morgan fingerprint density at radius 3 is 2.13 bits per heavy atom. The summed E-state index contributed by atoms with van der Waals surface area (Å²) in [5, 5.41) is 0. The van der Waals surface area contributed by atoms with Crippen LogP contribution in [-0.4, -0.2) is 13.1 Å². The van der Waals surface area contributed by atoms with E-state index in [1.807, 2.05) is 55.5 Å². The Balaban J connectivity index is 2.27. The van der Waals surface area contributed by atoms with E-state index in [0.29, 0.717) is 5.56 Å². The first kappa shape index (κ1) is 15.0. The minimum atomic E-state index is -0.313. The Kier molecular flexibility index (Phi) is 4.24. The summed E-state index contributed by atoms with van der Waals surface area (Å²) in [6.07, 6.45) is 0. The van der Waals surface area contributed by atoms with Crippen LogP contribution in [0.2, 0.25) is 0 Å². The quantitative estimate of drug-likeness (QED) is 0.628. The first-order chi connectivity index (χ1) is 11.2. The molecule has 2 nitrogen and oxygen atoms in total. The number of benzene rings is 3. The second-order valence-corrected chi connectivity index (χ2v) is 5.40. The van der Waals surface area contributed by atoms with Gasteiger partial charge in [-0.2, -0.15) is 0 Å². The third kappa shape index (κ3) is 2.88. The Bertz CT molecular complexity index is 835. The molecular weight excluding hydrogens is 284 g/mol. The van der Waals surface area contributed by atoms with Gasteiger partial charge in [-0.15, -0.1) is 0 Å². The van der Waals surface area contributed by atoms with Crippen LogP contribution in [0.25, 0.3) is 22.3 Å². The summed E-state index contributed by atoms with van der Waals surface area (Å²) in [5.41, 5.74) is 5.85. The molecule has 3 rings (SSSR count). The highest BCUT2D eigenvalue weighted by Gasteiger charge is 2.17. The van der Waals surface area contributed by atoms with Crippen LogP contribution < -0.4 is 0 Å². The third-order valence-corrected chi connectivity index (χ3v) is 3.96. The lowest BCUT2D eigenvalue weighted by Crippen LogP contribution is -2.05. The van der Waals surface area contributed by atoms with E-state index in [1.54, 1.807) is 0 Å². The molecular formula is C21H18O2. The SMILES string of the molecule is COC(=O)c1cccc(C)c1-c1ccccc1-c1ccccc1. The molecule has 3 aromatic rings. The van der Waals surface area contributed by atoms with Crippen LogP contribution in [0.4, 0.5) is 0 Å². The molecule has 114 valence electrons. The van der Waals surface area contributed by atoms with E-state index in [-0.39, 0.29) is 5.97 Å². The summed E-state index contributed by atoms with van der Waals surface area (Å²) in [4.78, 5) is 12.2. The highest BCUT2D eigenvalue weighted by Crippen LogP contribution is 2.36. The van der Waals surface area contributed by atoms with Crippen LogP contribution in [0.15, 0.2) is 72.8 Å². The molecule has 0 atom stereocenters. The monoisotopic (exact) mass is 302 g/mol. The number of carbonyl (C=O) groups excluding carboxylic acids is 1.